The lowest BCUT2D eigenvalue weighted by molar-refractivity contribution is -0.147. The lowest BCUT2D eigenvalue weighted by Crippen LogP contribution is -2.42. The summed E-state index contributed by atoms with van der Waals surface area (Å²) in [5, 5.41) is 9.87. The van der Waals surface area contributed by atoms with Gasteiger partial charge in [-0.05, 0) is 29.8 Å². The van der Waals surface area contributed by atoms with Gasteiger partial charge in [-0.3, -0.25) is 9.69 Å². The number of aliphatic hydroxyl groups is 1. The van der Waals surface area contributed by atoms with Gasteiger partial charge in [-0.1, -0.05) is 30.3 Å². The molecule has 1 aliphatic rings. The van der Waals surface area contributed by atoms with Crippen molar-refractivity contribution in [2.45, 2.75) is 25.2 Å². The minimum absolute atomic E-state index is 0.00991. The van der Waals surface area contributed by atoms with Gasteiger partial charge in [-0.25, -0.2) is 14.0 Å². The fourth-order valence-corrected chi connectivity index (χ4v) is 2.99. The molecular formula is C21H20FNO6. The van der Waals surface area contributed by atoms with E-state index in [0.29, 0.717) is 0 Å². The summed E-state index contributed by atoms with van der Waals surface area (Å²) < 4.78 is 23.2. The second kappa shape index (κ2) is 9.29. The molecule has 29 heavy (non-hydrogen) atoms. The molecular weight excluding hydrogens is 381 g/mol. The van der Waals surface area contributed by atoms with Gasteiger partial charge in [-0.2, -0.15) is 0 Å². The van der Waals surface area contributed by atoms with Crippen LogP contribution < -0.4 is 0 Å². The summed E-state index contributed by atoms with van der Waals surface area (Å²) in [7, 11) is 0. The average molecular weight is 401 g/mol. The minimum Gasteiger partial charge on any atom is -0.456 e. The Morgan fingerprint density at radius 1 is 1.03 bits per heavy atom. The number of carbonyl (C=O) groups is 3. The zero-order valence-corrected chi connectivity index (χ0v) is 15.5. The molecule has 1 aliphatic heterocycles. The summed E-state index contributed by atoms with van der Waals surface area (Å²) in [6.07, 6.45) is -1.66. The summed E-state index contributed by atoms with van der Waals surface area (Å²) in [4.78, 5) is 37.9. The Morgan fingerprint density at radius 3 is 2.41 bits per heavy atom. The number of Topliss-reactive ketones (excluding diaryl/α,β-unsaturated/α-hetero) is 1. The molecule has 3 rings (SSSR count). The van der Waals surface area contributed by atoms with Gasteiger partial charge in [0.2, 0.25) is 0 Å². The van der Waals surface area contributed by atoms with Crippen molar-refractivity contribution in [3.05, 3.63) is 71.5 Å². The first-order chi connectivity index (χ1) is 13.9. The Balaban J connectivity index is 1.55. The van der Waals surface area contributed by atoms with Gasteiger partial charge in [0.15, 0.2) is 12.4 Å². The maximum atomic E-state index is 12.9. The van der Waals surface area contributed by atoms with Crippen LogP contribution in [0.4, 0.5) is 9.18 Å². The summed E-state index contributed by atoms with van der Waals surface area (Å²) in [6, 6.07) is 12.8. The van der Waals surface area contributed by atoms with Gasteiger partial charge >= 0.3 is 12.1 Å². The summed E-state index contributed by atoms with van der Waals surface area (Å²) in [5.74, 6) is -1.80. The highest BCUT2D eigenvalue weighted by Crippen LogP contribution is 2.21. The number of amides is 1. The highest BCUT2D eigenvalue weighted by Gasteiger charge is 2.41. The topological polar surface area (TPSA) is 93.1 Å². The molecule has 0 saturated carbocycles. The standard InChI is InChI=1S/C21H20FNO6/c22-16-8-6-15(7-9-16)19(25)13-28-20(26)18-10-17(24)11-23(18)21(27)29-12-14-4-2-1-3-5-14/h1-9,17-18,24H,10-13H2/t17-,18+/m1/s1. The van der Waals surface area contributed by atoms with Crippen LogP contribution in [-0.4, -0.2) is 53.1 Å². The summed E-state index contributed by atoms with van der Waals surface area (Å²) >= 11 is 0. The second-order valence-electron chi connectivity index (χ2n) is 6.64. The number of nitrogens with zero attached hydrogens (tertiary/aromatic N) is 1. The van der Waals surface area contributed by atoms with Crippen molar-refractivity contribution in [1.82, 2.24) is 4.90 Å². The van der Waals surface area contributed by atoms with Gasteiger partial charge in [0.25, 0.3) is 0 Å². The third-order valence-electron chi connectivity index (χ3n) is 4.50. The van der Waals surface area contributed by atoms with Crippen LogP contribution in [0.15, 0.2) is 54.6 Å². The number of ether oxygens (including phenoxy) is 2. The predicted octanol–water partition coefficient (Wildman–Crippen LogP) is 2.32. The molecule has 1 fully saturated rings. The maximum absolute atomic E-state index is 12.9. The van der Waals surface area contributed by atoms with Crippen molar-refractivity contribution in [1.29, 1.82) is 0 Å². The van der Waals surface area contributed by atoms with E-state index in [1.54, 1.807) is 24.3 Å². The van der Waals surface area contributed by atoms with Gasteiger partial charge < -0.3 is 14.6 Å². The lowest BCUT2D eigenvalue weighted by Gasteiger charge is -2.22. The van der Waals surface area contributed by atoms with Crippen LogP contribution in [0, 0.1) is 5.82 Å². The molecule has 152 valence electrons. The van der Waals surface area contributed by atoms with Crippen molar-refractivity contribution >= 4 is 17.8 Å². The molecule has 1 amide bonds. The molecule has 0 unspecified atom stereocenters. The zero-order valence-electron chi connectivity index (χ0n) is 15.5. The number of carbonyl (C=O) groups excluding carboxylic acids is 3. The number of halogens is 1. The summed E-state index contributed by atoms with van der Waals surface area (Å²) in [6.45, 7) is -0.597. The number of hydrogen-bond acceptors (Lipinski definition) is 6. The molecule has 1 N–H and O–H groups in total. The fourth-order valence-electron chi connectivity index (χ4n) is 2.99. The average Bonchev–Trinajstić information content (AvgIpc) is 3.13. The third kappa shape index (κ3) is 5.39. The monoisotopic (exact) mass is 401 g/mol. The molecule has 0 radical (unpaired) electrons. The number of ketones is 1. The molecule has 1 saturated heterocycles. The highest BCUT2D eigenvalue weighted by molar-refractivity contribution is 5.98. The van der Waals surface area contributed by atoms with Crippen LogP contribution in [0.2, 0.25) is 0 Å². The number of hydrogen-bond donors (Lipinski definition) is 1. The van der Waals surface area contributed by atoms with Crippen LogP contribution in [0.3, 0.4) is 0 Å². The Kier molecular flexibility index (Phi) is 6.56. The van der Waals surface area contributed by atoms with Crippen molar-refractivity contribution in [2.75, 3.05) is 13.2 Å². The molecule has 0 spiro atoms. The van der Waals surface area contributed by atoms with Crippen molar-refractivity contribution in [3.8, 4) is 0 Å². The highest BCUT2D eigenvalue weighted by atomic mass is 19.1. The number of β-amino-alcohol motifs (C(OH)–C–C–N with tert-alkyl or cyclic N) is 1. The molecule has 7 nitrogen and oxygen atoms in total. The first-order valence-electron chi connectivity index (χ1n) is 9.05. The first kappa shape index (κ1) is 20.5. The van der Waals surface area contributed by atoms with Crippen molar-refractivity contribution < 1.29 is 33.4 Å². The largest absolute Gasteiger partial charge is 0.456 e. The Hall–Kier alpha value is -3.26. The van der Waals surface area contributed by atoms with E-state index in [1.807, 2.05) is 6.07 Å². The van der Waals surface area contributed by atoms with Crippen molar-refractivity contribution in [3.63, 3.8) is 0 Å². The number of aliphatic hydroxyl groups excluding tert-OH is 1. The van der Waals surface area contributed by atoms with E-state index in [0.717, 1.165) is 22.6 Å². The Bertz CT molecular complexity index is 870. The van der Waals surface area contributed by atoms with E-state index < -0.39 is 42.4 Å². The number of benzene rings is 2. The minimum atomic E-state index is -1.05. The number of likely N-dealkylation sites (tertiary alicyclic amines) is 1. The van der Waals surface area contributed by atoms with E-state index in [1.165, 1.54) is 12.1 Å². The van der Waals surface area contributed by atoms with Crippen LogP contribution >= 0.6 is 0 Å². The number of esters is 1. The Morgan fingerprint density at radius 2 is 1.72 bits per heavy atom. The smallest absolute Gasteiger partial charge is 0.410 e. The second-order valence-corrected chi connectivity index (χ2v) is 6.64. The van der Waals surface area contributed by atoms with Crippen LogP contribution in [0.1, 0.15) is 22.3 Å². The molecule has 2 aromatic carbocycles. The van der Waals surface area contributed by atoms with Crippen LogP contribution in [0.25, 0.3) is 0 Å². The molecule has 2 atom stereocenters. The van der Waals surface area contributed by atoms with Gasteiger partial charge in [0.05, 0.1) is 12.6 Å². The maximum Gasteiger partial charge on any atom is 0.410 e. The van der Waals surface area contributed by atoms with Gasteiger partial charge in [0.1, 0.15) is 18.5 Å². The molecule has 8 heteroatoms. The fraction of sp³-hybridized carbons (Fsp3) is 0.286. The normalized spacial score (nSPS) is 18.3. The van der Waals surface area contributed by atoms with Gasteiger partial charge in [-0.15, -0.1) is 0 Å². The molecule has 0 aromatic heterocycles. The Labute approximate surface area is 166 Å². The number of rotatable bonds is 6. The van der Waals surface area contributed by atoms with Crippen molar-refractivity contribution in [2.24, 2.45) is 0 Å². The quantitative estimate of drug-likeness (QED) is 0.590. The van der Waals surface area contributed by atoms with Crippen LogP contribution in [-0.2, 0) is 20.9 Å². The first-order valence-corrected chi connectivity index (χ1v) is 9.05. The molecule has 0 aliphatic carbocycles. The predicted molar refractivity (Wildman–Crippen MR) is 99.4 cm³/mol. The van der Waals surface area contributed by atoms with E-state index in [2.05, 4.69) is 0 Å². The van der Waals surface area contributed by atoms with E-state index >= 15 is 0 Å². The lowest BCUT2D eigenvalue weighted by atomic mass is 10.1. The van der Waals surface area contributed by atoms with E-state index in [-0.39, 0.29) is 25.1 Å². The molecule has 0 bridgehead atoms. The SMILES string of the molecule is O=C(COC(=O)[C@@H]1C[C@@H](O)CN1C(=O)OCc1ccccc1)c1ccc(F)cc1. The molecule has 2 aromatic rings. The van der Waals surface area contributed by atoms with Crippen LogP contribution in [0.5, 0.6) is 0 Å². The van der Waals surface area contributed by atoms with E-state index in [4.69, 9.17) is 9.47 Å². The zero-order chi connectivity index (χ0) is 20.8. The van der Waals surface area contributed by atoms with E-state index in [9.17, 15) is 23.9 Å². The third-order valence-corrected chi connectivity index (χ3v) is 4.50. The van der Waals surface area contributed by atoms with Gasteiger partial charge in [0, 0.05) is 12.0 Å². The molecule has 1 heterocycles. The summed E-state index contributed by atoms with van der Waals surface area (Å²) in [5.41, 5.74) is 0.981.